The molecule has 0 atom stereocenters. The van der Waals surface area contributed by atoms with E-state index < -0.39 is 5.82 Å². The molecule has 1 heterocycles. The quantitative estimate of drug-likeness (QED) is 0.759. The van der Waals surface area contributed by atoms with Crippen molar-refractivity contribution in [1.29, 1.82) is 0 Å². The summed E-state index contributed by atoms with van der Waals surface area (Å²) in [5.41, 5.74) is 0.436. The van der Waals surface area contributed by atoms with Crippen LogP contribution in [-0.4, -0.2) is 10.2 Å². The summed E-state index contributed by atoms with van der Waals surface area (Å²) in [6, 6.07) is 4.17. The molecule has 2 aromatic rings. The van der Waals surface area contributed by atoms with Crippen LogP contribution in [0, 0.1) is 5.82 Å². The van der Waals surface area contributed by atoms with Crippen molar-refractivity contribution in [3.63, 3.8) is 0 Å². The van der Waals surface area contributed by atoms with Crippen LogP contribution in [0.1, 0.15) is 0 Å². The van der Waals surface area contributed by atoms with Gasteiger partial charge in [-0.1, -0.05) is 16.7 Å². The molecule has 0 aliphatic heterocycles. The zero-order valence-electron chi connectivity index (χ0n) is 6.67. The SMILES string of the molecule is Fc1cc(-c2nnc(Cl)o2)ccc1Cl. The van der Waals surface area contributed by atoms with Crippen LogP contribution in [0.3, 0.4) is 0 Å². The number of rotatable bonds is 1. The van der Waals surface area contributed by atoms with Crippen LogP contribution in [-0.2, 0) is 0 Å². The molecule has 2 rings (SSSR count). The van der Waals surface area contributed by atoms with Crippen molar-refractivity contribution in [2.45, 2.75) is 0 Å². The number of halogens is 3. The Bertz CT molecular complexity index is 472. The summed E-state index contributed by atoms with van der Waals surface area (Å²) in [7, 11) is 0. The molecule has 0 spiro atoms. The molecule has 0 radical (unpaired) electrons. The van der Waals surface area contributed by atoms with Crippen LogP contribution < -0.4 is 0 Å². The van der Waals surface area contributed by atoms with Crippen LogP contribution in [0.15, 0.2) is 22.6 Å². The minimum atomic E-state index is -0.543. The molecule has 1 aromatic carbocycles. The number of nitrogens with zero attached hydrogens (tertiary/aromatic N) is 2. The van der Waals surface area contributed by atoms with E-state index in [0.29, 0.717) is 5.56 Å². The third kappa shape index (κ3) is 1.71. The Kier molecular flexibility index (Phi) is 2.39. The summed E-state index contributed by atoms with van der Waals surface area (Å²) in [5, 5.41) is 6.99. The second-order valence-corrected chi connectivity index (χ2v) is 3.22. The lowest BCUT2D eigenvalue weighted by Gasteiger charge is -1.96. The molecule has 0 N–H and O–H groups in total. The smallest absolute Gasteiger partial charge is 0.313 e. The lowest BCUT2D eigenvalue weighted by atomic mass is 10.2. The highest BCUT2D eigenvalue weighted by Gasteiger charge is 2.09. The zero-order chi connectivity index (χ0) is 10.1. The third-order valence-corrected chi connectivity index (χ3v) is 2.03. The molecule has 0 amide bonds. The van der Waals surface area contributed by atoms with Gasteiger partial charge >= 0.3 is 5.35 Å². The number of aromatic nitrogens is 2. The highest BCUT2D eigenvalue weighted by Crippen LogP contribution is 2.23. The first kappa shape index (κ1) is 9.43. The Labute approximate surface area is 88.5 Å². The van der Waals surface area contributed by atoms with Gasteiger partial charge < -0.3 is 4.42 Å². The lowest BCUT2D eigenvalue weighted by molar-refractivity contribution is 0.569. The van der Waals surface area contributed by atoms with E-state index in [1.807, 2.05) is 0 Å². The normalized spacial score (nSPS) is 10.5. The average Bonchev–Trinajstić information content (AvgIpc) is 2.57. The van der Waals surface area contributed by atoms with Gasteiger partial charge in [0, 0.05) is 5.56 Å². The molecule has 0 saturated heterocycles. The molecule has 6 heteroatoms. The molecule has 14 heavy (non-hydrogen) atoms. The predicted octanol–water partition coefficient (Wildman–Crippen LogP) is 3.18. The number of benzene rings is 1. The molecule has 0 bridgehead atoms. The van der Waals surface area contributed by atoms with Gasteiger partial charge in [0.25, 0.3) is 0 Å². The largest absolute Gasteiger partial charge is 0.407 e. The molecule has 0 aliphatic carbocycles. The van der Waals surface area contributed by atoms with Crippen molar-refractivity contribution in [2.75, 3.05) is 0 Å². The van der Waals surface area contributed by atoms with Crippen LogP contribution in [0.5, 0.6) is 0 Å². The predicted molar refractivity (Wildman–Crippen MR) is 49.7 cm³/mol. The summed E-state index contributed by atoms with van der Waals surface area (Å²) < 4.78 is 17.9. The van der Waals surface area contributed by atoms with Gasteiger partial charge in [-0.3, -0.25) is 0 Å². The molecule has 0 fully saturated rings. The maximum absolute atomic E-state index is 13.0. The Morgan fingerprint density at radius 2 is 2.00 bits per heavy atom. The van der Waals surface area contributed by atoms with Crippen molar-refractivity contribution >= 4 is 23.2 Å². The Balaban J connectivity index is 2.47. The Morgan fingerprint density at radius 3 is 2.57 bits per heavy atom. The molecule has 0 saturated carbocycles. The van der Waals surface area contributed by atoms with Gasteiger partial charge in [0.15, 0.2) is 0 Å². The van der Waals surface area contributed by atoms with E-state index in [9.17, 15) is 4.39 Å². The lowest BCUT2D eigenvalue weighted by Crippen LogP contribution is -1.81. The first-order valence-electron chi connectivity index (χ1n) is 3.61. The fraction of sp³-hybridized carbons (Fsp3) is 0. The van der Waals surface area contributed by atoms with E-state index in [-0.39, 0.29) is 16.3 Å². The van der Waals surface area contributed by atoms with E-state index in [4.69, 9.17) is 27.6 Å². The monoisotopic (exact) mass is 232 g/mol. The molecular formula is C8H3Cl2FN2O. The molecule has 1 aromatic heterocycles. The summed E-state index contributed by atoms with van der Waals surface area (Å²) in [6.45, 7) is 0. The number of hydrogen-bond acceptors (Lipinski definition) is 3. The van der Waals surface area contributed by atoms with Gasteiger partial charge in [-0.2, -0.15) is 0 Å². The summed E-state index contributed by atoms with van der Waals surface area (Å²) in [6.07, 6.45) is 0. The van der Waals surface area contributed by atoms with Crippen LogP contribution in [0.2, 0.25) is 10.4 Å². The summed E-state index contributed by atoms with van der Waals surface area (Å²) >= 11 is 10.9. The van der Waals surface area contributed by atoms with Gasteiger partial charge in [0.2, 0.25) is 5.89 Å². The second kappa shape index (κ2) is 3.55. The van der Waals surface area contributed by atoms with Crippen molar-refractivity contribution < 1.29 is 8.81 Å². The Morgan fingerprint density at radius 1 is 1.21 bits per heavy atom. The van der Waals surface area contributed by atoms with E-state index in [0.717, 1.165) is 0 Å². The van der Waals surface area contributed by atoms with Crippen molar-refractivity contribution in [2.24, 2.45) is 0 Å². The van der Waals surface area contributed by atoms with E-state index >= 15 is 0 Å². The fourth-order valence-corrected chi connectivity index (χ4v) is 1.18. The first-order valence-corrected chi connectivity index (χ1v) is 4.37. The van der Waals surface area contributed by atoms with Gasteiger partial charge in [0.05, 0.1) is 5.02 Å². The highest BCUT2D eigenvalue weighted by molar-refractivity contribution is 6.30. The van der Waals surface area contributed by atoms with Crippen LogP contribution >= 0.6 is 23.2 Å². The summed E-state index contributed by atoms with van der Waals surface area (Å²) in [5.74, 6) is -0.385. The molecule has 0 aliphatic rings. The van der Waals surface area contributed by atoms with Gasteiger partial charge in [-0.05, 0) is 29.8 Å². The third-order valence-electron chi connectivity index (χ3n) is 1.57. The number of hydrogen-bond donors (Lipinski definition) is 0. The van der Waals surface area contributed by atoms with Gasteiger partial charge in [0.1, 0.15) is 5.82 Å². The minimum Gasteiger partial charge on any atom is -0.407 e. The van der Waals surface area contributed by atoms with Crippen LogP contribution in [0.25, 0.3) is 11.5 Å². The molecule has 3 nitrogen and oxygen atoms in total. The van der Waals surface area contributed by atoms with Crippen molar-refractivity contribution in [3.8, 4) is 11.5 Å². The zero-order valence-corrected chi connectivity index (χ0v) is 8.18. The minimum absolute atomic E-state index is 0.0411. The van der Waals surface area contributed by atoms with E-state index in [2.05, 4.69) is 10.2 Å². The average molecular weight is 233 g/mol. The maximum Gasteiger partial charge on any atom is 0.313 e. The first-order chi connectivity index (χ1) is 6.66. The standard InChI is InChI=1S/C8H3Cl2FN2O/c9-5-2-1-4(3-6(5)11)7-12-13-8(10)14-7/h1-3H. The van der Waals surface area contributed by atoms with Crippen molar-refractivity contribution in [3.05, 3.63) is 34.4 Å². The fourth-order valence-electron chi connectivity index (χ4n) is 0.951. The van der Waals surface area contributed by atoms with Gasteiger partial charge in [-0.15, -0.1) is 5.10 Å². The molecule has 0 unspecified atom stereocenters. The topological polar surface area (TPSA) is 38.9 Å². The highest BCUT2D eigenvalue weighted by atomic mass is 35.5. The van der Waals surface area contributed by atoms with E-state index in [1.165, 1.54) is 12.1 Å². The van der Waals surface area contributed by atoms with Crippen molar-refractivity contribution in [1.82, 2.24) is 10.2 Å². The molecular weight excluding hydrogens is 230 g/mol. The van der Waals surface area contributed by atoms with Gasteiger partial charge in [-0.25, -0.2) is 4.39 Å². The maximum atomic E-state index is 13.0. The van der Waals surface area contributed by atoms with Crippen LogP contribution in [0.4, 0.5) is 4.39 Å². The second-order valence-electron chi connectivity index (χ2n) is 2.49. The van der Waals surface area contributed by atoms with E-state index in [1.54, 1.807) is 6.07 Å². The summed E-state index contributed by atoms with van der Waals surface area (Å²) in [4.78, 5) is 0. The molecule has 72 valence electrons. The Hall–Kier alpha value is -1.13.